The van der Waals surface area contributed by atoms with Gasteiger partial charge in [-0.1, -0.05) is 41.4 Å². The summed E-state index contributed by atoms with van der Waals surface area (Å²) >= 11 is 12.1. The molecule has 0 saturated heterocycles. The molecule has 0 radical (unpaired) electrons. The number of rotatable bonds is 5. The molecule has 0 atom stereocenters. The highest BCUT2D eigenvalue weighted by Gasteiger charge is 2.27. The smallest absolute Gasteiger partial charge is 0.265 e. The Balaban J connectivity index is 2.57. The summed E-state index contributed by atoms with van der Waals surface area (Å²) in [4.78, 5) is -0.0503. The van der Waals surface area contributed by atoms with Crippen molar-refractivity contribution in [1.29, 1.82) is 0 Å². The lowest BCUT2D eigenvalue weighted by molar-refractivity contribution is 0.414. The lowest BCUT2D eigenvalue weighted by Gasteiger charge is -2.23. The Morgan fingerprint density at radius 2 is 1.73 bits per heavy atom. The number of nitrogens with zero attached hydrogens (tertiary/aromatic N) is 1. The summed E-state index contributed by atoms with van der Waals surface area (Å²) in [5, 5.41) is 0.255. The van der Waals surface area contributed by atoms with E-state index in [1.807, 2.05) is 6.07 Å². The van der Waals surface area contributed by atoms with Gasteiger partial charge >= 0.3 is 0 Å². The van der Waals surface area contributed by atoms with Crippen molar-refractivity contribution in [2.75, 3.05) is 18.0 Å². The van der Waals surface area contributed by atoms with Crippen LogP contribution in [0.15, 0.2) is 47.4 Å². The average Bonchev–Trinajstić information content (AvgIpc) is 2.50. The summed E-state index contributed by atoms with van der Waals surface area (Å²) in [7, 11) is -2.38. The van der Waals surface area contributed by atoms with Gasteiger partial charge in [-0.15, -0.1) is 0 Å². The second kappa shape index (κ2) is 6.77. The topological polar surface area (TPSA) is 46.6 Å². The van der Waals surface area contributed by atoms with Crippen molar-refractivity contribution in [3.8, 4) is 5.75 Å². The summed E-state index contributed by atoms with van der Waals surface area (Å²) in [5.41, 5.74) is 0.563. The van der Waals surface area contributed by atoms with E-state index in [1.165, 1.54) is 23.5 Å². The molecule has 7 heteroatoms. The fraction of sp³-hybridized carbons (Fsp3) is 0.200. The number of para-hydroxylation sites is 1. The molecule has 0 fully saturated rings. The van der Waals surface area contributed by atoms with E-state index in [2.05, 4.69) is 0 Å². The maximum atomic E-state index is 12.9. The highest BCUT2D eigenvalue weighted by atomic mass is 35.5. The van der Waals surface area contributed by atoms with E-state index in [0.717, 1.165) is 0 Å². The predicted molar refractivity (Wildman–Crippen MR) is 89.7 cm³/mol. The van der Waals surface area contributed by atoms with Gasteiger partial charge in [-0.3, -0.25) is 4.31 Å². The van der Waals surface area contributed by atoms with Gasteiger partial charge in [-0.2, -0.15) is 0 Å². The van der Waals surface area contributed by atoms with Gasteiger partial charge in [-0.05, 0) is 25.1 Å². The molecule has 0 N–H and O–H groups in total. The lowest BCUT2D eigenvalue weighted by Crippen LogP contribution is -2.31. The molecule has 0 aromatic heterocycles. The van der Waals surface area contributed by atoms with Crippen molar-refractivity contribution in [2.24, 2.45) is 0 Å². The Kier molecular flexibility index (Phi) is 5.21. The molecule has 0 saturated carbocycles. The fourth-order valence-corrected chi connectivity index (χ4v) is 4.37. The van der Waals surface area contributed by atoms with Crippen molar-refractivity contribution in [1.82, 2.24) is 0 Å². The molecular weight excluding hydrogens is 345 g/mol. The Morgan fingerprint density at radius 3 is 2.27 bits per heavy atom. The molecule has 0 aliphatic rings. The molecular formula is C15H15Cl2NO3S. The molecule has 0 bridgehead atoms. The zero-order valence-electron chi connectivity index (χ0n) is 12.1. The van der Waals surface area contributed by atoms with Crippen LogP contribution in [0.2, 0.25) is 10.0 Å². The third-order valence-electron chi connectivity index (χ3n) is 3.11. The number of sulfonamides is 1. The Labute approximate surface area is 140 Å². The number of anilines is 1. The Hall–Kier alpha value is -1.43. The van der Waals surface area contributed by atoms with E-state index in [4.69, 9.17) is 27.9 Å². The molecule has 4 nitrogen and oxygen atoms in total. The molecule has 0 aliphatic carbocycles. The van der Waals surface area contributed by atoms with Crippen molar-refractivity contribution in [3.05, 3.63) is 52.5 Å². The molecule has 2 aromatic carbocycles. The third-order valence-corrected chi connectivity index (χ3v) is 5.77. The van der Waals surface area contributed by atoms with Gasteiger partial charge in [0.1, 0.15) is 10.6 Å². The largest absolute Gasteiger partial charge is 0.495 e. The van der Waals surface area contributed by atoms with E-state index in [9.17, 15) is 8.42 Å². The monoisotopic (exact) mass is 359 g/mol. The minimum absolute atomic E-state index is 0.0503. The van der Waals surface area contributed by atoms with Crippen LogP contribution in [0.4, 0.5) is 5.69 Å². The standard InChI is InChI=1S/C15H15Cl2NO3S/c1-3-18(11-7-5-4-6-8-11)22(19,20)15-10-12(16)14(21-2)9-13(15)17/h4-10H,3H2,1-2H3. The zero-order valence-corrected chi connectivity index (χ0v) is 14.4. The highest BCUT2D eigenvalue weighted by Crippen LogP contribution is 2.35. The molecule has 0 spiro atoms. The molecule has 2 rings (SSSR count). The number of hydrogen-bond donors (Lipinski definition) is 0. The molecule has 0 aliphatic heterocycles. The molecule has 22 heavy (non-hydrogen) atoms. The van der Waals surface area contributed by atoms with Crippen LogP contribution in [-0.2, 0) is 10.0 Å². The summed E-state index contributed by atoms with van der Waals surface area (Å²) in [5.74, 6) is 0.327. The molecule has 0 unspecified atom stereocenters. The highest BCUT2D eigenvalue weighted by molar-refractivity contribution is 7.93. The van der Waals surface area contributed by atoms with E-state index >= 15 is 0 Å². The number of ether oxygens (including phenoxy) is 1. The predicted octanol–water partition coefficient (Wildman–Crippen LogP) is 4.22. The summed E-state index contributed by atoms with van der Waals surface area (Å²) in [6.45, 7) is 2.02. The van der Waals surface area contributed by atoms with Crippen molar-refractivity contribution >= 4 is 38.9 Å². The van der Waals surface area contributed by atoms with Gasteiger partial charge in [0, 0.05) is 12.6 Å². The van der Waals surface area contributed by atoms with E-state index < -0.39 is 10.0 Å². The van der Waals surface area contributed by atoms with Gasteiger partial charge in [0.25, 0.3) is 10.0 Å². The van der Waals surface area contributed by atoms with E-state index in [1.54, 1.807) is 31.2 Å². The maximum Gasteiger partial charge on any atom is 0.265 e. The van der Waals surface area contributed by atoms with Gasteiger partial charge in [0.05, 0.1) is 22.8 Å². The van der Waals surface area contributed by atoms with Crippen molar-refractivity contribution in [2.45, 2.75) is 11.8 Å². The molecule has 0 heterocycles. The van der Waals surface area contributed by atoms with Crippen molar-refractivity contribution < 1.29 is 13.2 Å². The number of hydrogen-bond acceptors (Lipinski definition) is 3. The first kappa shape index (κ1) is 16.9. The first-order valence-corrected chi connectivity index (χ1v) is 8.72. The number of benzene rings is 2. The van der Waals surface area contributed by atoms with E-state index in [-0.39, 0.29) is 21.5 Å². The molecule has 2 aromatic rings. The second-order valence-corrected chi connectivity index (χ2v) is 7.07. The molecule has 0 amide bonds. The second-order valence-electron chi connectivity index (χ2n) is 4.42. The van der Waals surface area contributed by atoms with Crippen LogP contribution in [0.25, 0.3) is 0 Å². The Bertz CT molecular complexity index is 764. The maximum absolute atomic E-state index is 12.9. The van der Waals surface area contributed by atoms with Crippen LogP contribution in [0.3, 0.4) is 0 Å². The van der Waals surface area contributed by atoms with Gasteiger partial charge in [-0.25, -0.2) is 8.42 Å². The molecule has 118 valence electrons. The number of methoxy groups -OCH3 is 1. The average molecular weight is 360 g/mol. The summed E-state index contributed by atoms with van der Waals surface area (Å²) in [6, 6.07) is 11.5. The first-order chi connectivity index (χ1) is 10.4. The van der Waals surface area contributed by atoms with Crippen LogP contribution in [0.1, 0.15) is 6.92 Å². The normalized spacial score (nSPS) is 11.3. The third kappa shape index (κ3) is 3.16. The van der Waals surface area contributed by atoms with Gasteiger partial charge in [0.15, 0.2) is 0 Å². The SMILES string of the molecule is CCN(c1ccccc1)S(=O)(=O)c1cc(Cl)c(OC)cc1Cl. The quantitative estimate of drug-likeness (QED) is 0.802. The summed E-state index contributed by atoms with van der Waals surface area (Å²) < 4.78 is 32.1. The van der Waals surface area contributed by atoms with Gasteiger partial charge in [0.2, 0.25) is 0 Å². The minimum Gasteiger partial charge on any atom is -0.495 e. The van der Waals surface area contributed by atoms with Crippen LogP contribution in [-0.4, -0.2) is 22.1 Å². The fourth-order valence-electron chi connectivity index (χ4n) is 2.07. The lowest BCUT2D eigenvalue weighted by atomic mass is 10.3. The van der Waals surface area contributed by atoms with Gasteiger partial charge < -0.3 is 4.74 Å². The van der Waals surface area contributed by atoms with Crippen LogP contribution in [0, 0.1) is 0 Å². The van der Waals surface area contributed by atoms with E-state index in [0.29, 0.717) is 11.4 Å². The minimum atomic E-state index is -3.82. The first-order valence-electron chi connectivity index (χ1n) is 6.52. The van der Waals surface area contributed by atoms with Crippen LogP contribution in [0.5, 0.6) is 5.75 Å². The van der Waals surface area contributed by atoms with Crippen LogP contribution < -0.4 is 9.04 Å². The van der Waals surface area contributed by atoms with Crippen LogP contribution >= 0.6 is 23.2 Å². The van der Waals surface area contributed by atoms with Crippen molar-refractivity contribution in [3.63, 3.8) is 0 Å². The summed E-state index contributed by atoms with van der Waals surface area (Å²) in [6.07, 6.45) is 0. The number of halogens is 2. The Morgan fingerprint density at radius 1 is 1.09 bits per heavy atom. The zero-order chi connectivity index (χ0) is 16.3.